The zero-order valence-corrected chi connectivity index (χ0v) is 9.00. The summed E-state index contributed by atoms with van der Waals surface area (Å²) in [5, 5.41) is 18.2. The Bertz CT molecular complexity index is 561. The van der Waals surface area contributed by atoms with Crippen molar-refractivity contribution in [3.8, 4) is 17.6 Å². The average molecular weight is 226 g/mol. The van der Waals surface area contributed by atoms with E-state index in [2.05, 4.69) is 4.98 Å². The first-order valence-corrected chi connectivity index (χ1v) is 5.05. The molecule has 0 radical (unpaired) electrons. The first kappa shape index (κ1) is 11.0. The molecule has 0 saturated carbocycles. The number of hydrogen-bond acceptors (Lipinski definition) is 4. The number of nitrogens with zero attached hydrogens (tertiary/aromatic N) is 2. The Hall–Kier alpha value is -2.54. The number of phenols is 1. The number of aromatic hydroxyl groups is 1. The van der Waals surface area contributed by atoms with Gasteiger partial charge in [0.1, 0.15) is 18.4 Å². The molecule has 0 aliphatic heterocycles. The average Bonchev–Trinajstić information content (AvgIpc) is 2.38. The molecule has 0 saturated heterocycles. The molecule has 17 heavy (non-hydrogen) atoms. The van der Waals surface area contributed by atoms with Gasteiger partial charge in [0.15, 0.2) is 11.5 Å². The number of aromatic nitrogens is 1. The molecule has 1 N–H and O–H groups in total. The second kappa shape index (κ2) is 4.99. The van der Waals surface area contributed by atoms with Crippen molar-refractivity contribution < 1.29 is 9.84 Å². The number of hydrogen-bond donors (Lipinski definition) is 1. The van der Waals surface area contributed by atoms with Gasteiger partial charge in [-0.05, 0) is 29.8 Å². The lowest BCUT2D eigenvalue weighted by atomic mass is 10.2. The van der Waals surface area contributed by atoms with Crippen molar-refractivity contribution in [1.82, 2.24) is 4.98 Å². The van der Waals surface area contributed by atoms with Crippen molar-refractivity contribution in [1.29, 1.82) is 5.26 Å². The molecule has 1 aromatic heterocycles. The van der Waals surface area contributed by atoms with Crippen LogP contribution in [0, 0.1) is 11.3 Å². The summed E-state index contributed by atoms with van der Waals surface area (Å²) in [5.41, 5.74) is 1.18. The minimum Gasteiger partial charge on any atom is -0.504 e. The highest BCUT2D eigenvalue weighted by Crippen LogP contribution is 2.25. The molecule has 0 aliphatic rings. The molecule has 0 atom stereocenters. The number of pyridine rings is 1. The minimum absolute atomic E-state index is 0.0991. The summed E-state index contributed by atoms with van der Waals surface area (Å²) in [4.78, 5) is 3.86. The van der Waals surface area contributed by atoms with E-state index in [1.54, 1.807) is 42.6 Å². The molecule has 0 bridgehead atoms. The molecular formula is C13H10N2O2. The Morgan fingerprint density at radius 3 is 2.88 bits per heavy atom. The maximum Gasteiger partial charge on any atom is 0.161 e. The van der Waals surface area contributed by atoms with E-state index in [1.807, 2.05) is 6.07 Å². The van der Waals surface area contributed by atoms with Crippen LogP contribution in [0.2, 0.25) is 0 Å². The second-order valence-electron chi connectivity index (χ2n) is 3.42. The zero-order valence-electron chi connectivity index (χ0n) is 9.00. The van der Waals surface area contributed by atoms with Crippen molar-refractivity contribution >= 4 is 0 Å². The van der Waals surface area contributed by atoms with Crippen molar-refractivity contribution in [2.24, 2.45) is 0 Å². The molecule has 0 fully saturated rings. The van der Waals surface area contributed by atoms with Crippen LogP contribution < -0.4 is 4.74 Å². The summed E-state index contributed by atoms with van der Waals surface area (Å²) in [6.45, 7) is 0.286. The fourth-order valence-corrected chi connectivity index (χ4v) is 1.37. The smallest absolute Gasteiger partial charge is 0.161 e. The molecule has 0 spiro atoms. The Kier molecular flexibility index (Phi) is 3.22. The number of ether oxygens (including phenoxy) is 1. The van der Waals surface area contributed by atoms with Gasteiger partial charge in [0.05, 0.1) is 0 Å². The van der Waals surface area contributed by atoms with Gasteiger partial charge in [-0.15, -0.1) is 0 Å². The van der Waals surface area contributed by atoms with E-state index in [1.165, 1.54) is 0 Å². The Labute approximate surface area is 98.7 Å². The van der Waals surface area contributed by atoms with E-state index >= 15 is 0 Å². The third kappa shape index (κ3) is 2.73. The quantitative estimate of drug-likeness (QED) is 0.871. The van der Waals surface area contributed by atoms with Gasteiger partial charge >= 0.3 is 0 Å². The lowest BCUT2D eigenvalue weighted by Crippen LogP contribution is -1.96. The molecule has 2 aromatic rings. The van der Waals surface area contributed by atoms with Crippen LogP contribution in [-0.4, -0.2) is 10.1 Å². The molecular weight excluding hydrogens is 216 g/mol. The highest BCUT2D eigenvalue weighted by molar-refractivity contribution is 5.38. The number of benzene rings is 1. The Morgan fingerprint density at radius 1 is 1.29 bits per heavy atom. The van der Waals surface area contributed by atoms with E-state index < -0.39 is 0 Å². The highest BCUT2D eigenvalue weighted by Gasteiger charge is 2.01. The molecule has 0 aliphatic carbocycles. The molecule has 4 heteroatoms. The fraction of sp³-hybridized carbons (Fsp3) is 0.0769. The normalized spacial score (nSPS) is 9.59. The lowest BCUT2D eigenvalue weighted by Gasteiger charge is -2.07. The summed E-state index contributed by atoms with van der Waals surface area (Å²) in [7, 11) is 0. The van der Waals surface area contributed by atoms with Crippen LogP contribution in [0.25, 0.3) is 0 Å². The van der Waals surface area contributed by atoms with Gasteiger partial charge in [0.25, 0.3) is 0 Å². The van der Waals surface area contributed by atoms with Gasteiger partial charge in [0.2, 0.25) is 0 Å². The lowest BCUT2D eigenvalue weighted by molar-refractivity contribution is 0.289. The maximum absolute atomic E-state index is 9.50. The Balaban J connectivity index is 2.08. The van der Waals surface area contributed by atoms with Crippen molar-refractivity contribution in [2.75, 3.05) is 0 Å². The van der Waals surface area contributed by atoms with E-state index in [4.69, 9.17) is 10.00 Å². The number of phenolic OH excluding ortho intramolecular Hbond substituents is 1. The van der Waals surface area contributed by atoms with Gasteiger partial charge in [-0.25, -0.2) is 4.98 Å². The molecule has 84 valence electrons. The van der Waals surface area contributed by atoms with E-state index in [-0.39, 0.29) is 12.4 Å². The van der Waals surface area contributed by atoms with Crippen LogP contribution in [0.3, 0.4) is 0 Å². The number of para-hydroxylation sites is 2. The third-order valence-corrected chi connectivity index (χ3v) is 2.20. The summed E-state index contributed by atoms with van der Waals surface area (Å²) < 4.78 is 5.44. The van der Waals surface area contributed by atoms with Gasteiger partial charge in [-0.2, -0.15) is 5.26 Å². The van der Waals surface area contributed by atoms with Crippen LogP contribution in [0.4, 0.5) is 0 Å². The standard InChI is InChI=1S/C13H10N2O2/c14-8-11-7-10(5-6-15-11)9-17-13-4-2-1-3-12(13)16/h1-7,16H,9H2. The molecule has 0 amide bonds. The molecule has 0 unspecified atom stereocenters. The monoisotopic (exact) mass is 226 g/mol. The Morgan fingerprint density at radius 2 is 2.12 bits per heavy atom. The summed E-state index contributed by atoms with van der Waals surface area (Å²) in [5.74, 6) is 0.518. The van der Waals surface area contributed by atoms with Crippen LogP contribution in [-0.2, 0) is 6.61 Å². The third-order valence-electron chi connectivity index (χ3n) is 2.20. The number of rotatable bonds is 3. The topological polar surface area (TPSA) is 66.1 Å². The molecule has 2 rings (SSSR count). The molecule has 4 nitrogen and oxygen atoms in total. The van der Waals surface area contributed by atoms with Gasteiger partial charge in [0, 0.05) is 6.20 Å². The van der Waals surface area contributed by atoms with Crippen molar-refractivity contribution in [3.63, 3.8) is 0 Å². The van der Waals surface area contributed by atoms with Crippen LogP contribution in [0.15, 0.2) is 42.6 Å². The minimum atomic E-state index is 0.0991. The highest BCUT2D eigenvalue weighted by atomic mass is 16.5. The van der Waals surface area contributed by atoms with Gasteiger partial charge < -0.3 is 9.84 Å². The second-order valence-corrected chi connectivity index (χ2v) is 3.42. The first-order chi connectivity index (χ1) is 8.29. The predicted octanol–water partition coefficient (Wildman–Crippen LogP) is 2.24. The van der Waals surface area contributed by atoms with E-state index in [0.29, 0.717) is 11.4 Å². The summed E-state index contributed by atoms with van der Waals surface area (Å²) in [6.07, 6.45) is 1.56. The number of nitriles is 1. The van der Waals surface area contributed by atoms with E-state index in [9.17, 15) is 5.11 Å². The maximum atomic E-state index is 9.50. The van der Waals surface area contributed by atoms with Crippen LogP contribution in [0.5, 0.6) is 11.5 Å². The van der Waals surface area contributed by atoms with Crippen LogP contribution >= 0.6 is 0 Å². The SMILES string of the molecule is N#Cc1cc(COc2ccccc2O)ccn1. The summed E-state index contributed by atoms with van der Waals surface area (Å²) in [6, 6.07) is 12.1. The predicted molar refractivity (Wildman–Crippen MR) is 61.4 cm³/mol. The molecule has 1 aromatic carbocycles. The van der Waals surface area contributed by atoms with Crippen molar-refractivity contribution in [2.45, 2.75) is 6.61 Å². The molecule has 1 heterocycles. The van der Waals surface area contributed by atoms with E-state index in [0.717, 1.165) is 5.56 Å². The first-order valence-electron chi connectivity index (χ1n) is 5.05. The van der Waals surface area contributed by atoms with Gasteiger partial charge in [-0.1, -0.05) is 12.1 Å². The van der Waals surface area contributed by atoms with Crippen LogP contribution in [0.1, 0.15) is 11.3 Å². The van der Waals surface area contributed by atoms with Crippen molar-refractivity contribution in [3.05, 3.63) is 53.9 Å². The summed E-state index contributed by atoms with van der Waals surface area (Å²) >= 11 is 0. The fourth-order valence-electron chi connectivity index (χ4n) is 1.37. The largest absolute Gasteiger partial charge is 0.504 e. The zero-order chi connectivity index (χ0) is 12.1. The van der Waals surface area contributed by atoms with Gasteiger partial charge in [-0.3, -0.25) is 0 Å².